The van der Waals surface area contributed by atoms with E-state index < -0.39 is 0 Å². The molecule has 0 aliphatic rings. The third kappa shape index (κ3) is 1.46. The first kappa shape index (κ1) is 9.08. The van der Waals surface area contributed by atoms with Crippen LogP contribution in [0.15, 0.2) is 17.9 Å². The number of rotatable bonds is 2. The molecule has 0 N–H and O–H groups in total. The van der Waals surface area contributed by atoms with Crippen LogP contribution >= 0.6 is 11.3 Å². The number of hydrogen-bond donors (Lipinski definition) is 0. The fraction of sp³-hybridized carbons (Fsp3) is 0.222. The zero-order valence-electron chi connectivity index (χ0n) is 7.89. The molecule has 0 saturated carbocycles. The lowest BCUT2D eigenvalue weighted by molar-refractivity contribution is 0.104. The van der Waals surface area contributed by atoms with Gasteiger partial charge in [0.25, 0.3) is 0 Å². The fourth-order valence-corrected chi connectivity index (χ4v) is 1.86. The van der Waals surface area contributed by atoms with Crippen molar-refractivity contribution in [2.24, 2.45) is 7.05 Å². The van der Waals surface area contributed by atoms with Gasteiger partial charge in [0.05, 0.1) is 21.6 Å². The maximum absolute atomic E-state index is 11.9. The lowest BCUT2D eigenvalue weighted by Crippen LogP contribution is -1.98. The molecule has 0 atom stereocenters. The lowest BCUT2D eigenvalue weighted by Gasteiger charge is -1.92. The molecular formula is C9H9N3OS. The van der Waals surface area contributed by atoms with E-state index in [2.05, 4.69) is 10.1 Å². The molecule has 72 valence electrons. The zero-order chi connectivity index (χ0) is 10.1. The summed E-state index contributed by atoms with van der Waals surface area (Å²) >= 11 is 1.35. The average molecular weight is 207 g/mol. The number of carbonyl (C=O) groups is 1. The number of aromatic nitrogens is 3. The van der Waals surface area contributed by atoms with Crippen LogP contribution in [0.1, 0.15) is 20.9 Å². The van der Waals surface area contributed by atoms with Gasteiger partial charge in [-0.3, -0.25) is 14.5 Å². The molecule has 0 spiro atoms. The highest BCUT2D eigenvalue weighted by molar-refractivity contribution is 7.11. The molecule has 2 aromatic heterocycles. The molecule has 0 bridgehead atoms. The molecule has 0 aromatic carbocycles. The van der Waals surface area contributed by atoms with E-state index in [9.17, 15) is 4.79 Å². The van der Waals surface area contributed by atoms with Gasteiger partial charge in [0.1, 0.15) is 0 Å². The summed E-state index contributed by atoms with van der Waals surface area (Å²) in [6.45, 7) is 1.83. The number of aryl methyl sites for hydroxylation is 2. The van der Waals surface area contributed by atoms with E-state index in [1.807, 2.05) is 6.92 Å². The standard InChI is InChI=1S/C9H9N3OS/c1-6-7(4-12(2)11-6)9(13)8-3-10-5-14-8/h3-5H,1-2H3. The Bertz CT molecular complexity index is 458. The molecule has 0 radical (unpaired) electrons. The van der Waals surface area contributed by atoms with Crippen molar-refractivity contribution in [3.63, 3.8) is 0 Å². The van der Waals surface area contributed by atoms with Crippen LogP contribution in [0.5, 0.6) is 0 Å². The van der Waals surface area contributed by atoms with Gasteiger partial charge in [-0.1, -0.05) is 0 Å². The van der Waals surface area contributed by atoms with Crippen LogP contribution in [0.3, 0.4) is 0 Å². The second-order valence-electron chi connectivity index (χ2n) is 3.00. The van der Waals surface area contributed by atoms with Gasteiger partial charge in [-0.25, -0.2) is 0 Å². The molecule has 2 rings (SSSR count). The summed E-state index contributed by atoms with van der Waals surface area (Å²) in [5, 5.41) is 4.12. The third-order valence-corrected chi connectivity index (χ3v) is 2.69. The summed E-state index contributed by atoms with van der Waals surface area (Å²) in [6.07, 6.45) is 3.32. The first-order chi connectivity index (χ1) is 6.68. The van der Waals surface area contributed by atoms with Gasteiger partial charge >= 0.3 is 0 Å². The van der Waals surface area contributed by atoms with E-state index in [0.29, 0.717) is 10.4 Å². The summed E-state index contributed by atoms with van der Waals surface area (Å²) < 4.78 is 1.64. The Hall–Kier alpha value is -1.49. The third-order valence-electron chi connectivity index (χ3n) is 1.91. The predicted octanol–water partition coefficient (Wildman–Crippen LogP) is 1.42. The minimum Gasteiger partial charge on any atom is -0.287 e. The maximum atomic E-state index is 11.9. The number of nitrogens with zero attached hydrogens (tertiary/aromatic N) is 3. The highest BCUT2D eigenvalue weighted by Gasteiger charge is 2.15. The Morgan fingerprint density at radius 2 is 2.36 bits per heavy atom. The fourth-order valence-electron chi connectivity index (χ4n) is 1.28. The molecule has 0 amide bonds. The van der Waals surface area contributed by atoms with E-state index in [-0.39, 0.29) is 5.78 Å². The lowest BCUT2D eigenvalue weighted by atomic mass is 10.1. The van der Waals surface area contributed by atoms with Crippen molar-refractivity contribution in [3.05, 3.63) is 34.0 Å². The Labute approximate surface area is 85.2 Å². The largest absolute Gasteiger partial charge is 0.287 e. The summed E-state index contributed by atoms with van der Waals surface area (Å²) in [4.78, 5) is 16.4. The van der Waals surface area contributed by atoms with E-state index in [4.69, 9.17) is 0 Å². The Kier molecular flexibility index (Phi) is 2.17. The number of carbonyl (C=O) groups excluding carboxylic acids is 1. The van der Waals surface area contributed by atoms with Crippen LogP contribution in [0.2, 0.25) is 0 Å². The SMILES string of the molecule is Cc1nn(C)cc1C(=O)c1cncs1. The summed E-state index contributed by atoms with van der Waals surface area (Å²) in [5.41, 5.74) is 3.06. The molecule has 0 saturated heterocycles. The van der Waals surface area contributed by atoms with Crippen LogP contribution < -0.4 is 0 Å². The molecule has 14 heavy (non-hydrogen) atoms. The van der Waals surface area contributed by atoms with Gasteiger partial charge in [0, 0.05) is 19.4 Å². The first-order valence-electron chi connectivity index (χ1n) is 4.12. The average Bonchev–Trinajstić information content (AvgIpc) is 2.73. The molecule has 5 heteroatoms. The van der Waals surface area contributed by atoms with E-state index in [1.54, 1.807) is 29.6 Å². The van der Waals surface area contributed by atoms with Gasteiger partial charge in [0.2, 0.25) is 5.78 Å². The second kappa shape index (κ2) is 3.34. The molecule has 2 aromatic rings. The van der Waals surface area contributed by atoms with Crippen molar-refractivity contribution in [2.45, 2.75) is 6.92 Å². The monoisotopic (exact) mass is 207 g/mol. The Morgan fingerprint density at radius 3 is 2.86 bits per heavy atom. The van der Waals surface area contributed by atoms with Crippen molar-refractivity contribution in [1.29, 1.82) is 0 Å². The molecule has 0 unspecified atom stereocenters. The van der Waals surface area contributed by atoms with Crippen molar-refractivity contribution in [1.82, 2.24) is 14.8 Å². The van der Waals surface area contributed by atoms with Gasteiger partial charge in [0.15, 0.2) is 0 Å². The van der Waals surface area contributed by atoms with Crippen LogP contribution in [0.25, 0.3) is 0 Å². The van der Waals surface area contributed by atoms with Gasteiger partial charge in [-0.2, -0.15) is 5.10 Å². The summed E-state index contributed by atoms with van der Waals surface area (Å²) in [5.74, 6) is -0.00176. The topological polar surface area (TPSA) is 47.8 Å². The zero-order valence-corrected chi connectivity index (χ0v) is 8.71. The molecule has 4 nitrogen and oxygen atoms in total. The van der Waals surface area contributed by atoms with Gasteiger partial charge in [-0.15, -0.1) is 11.3 Å². The maximum Gasteiger partial charge on any atom is 0.208 e. The number of ketones is 1. The summed E-state index contributed by atoms with van der Waals surface area (Å²) in [6, 6.07) is 0. The van der Waals surface area contributed by atoms with E-state index in [1.165, 1.54) is 11.3 Å². The minimum absolute atomic E-state index is 0.00176. The highest BCUT2D eigenvalue weighted by Crippen LogP contribution is 2.15. The molecule has 0 aliphatic carbocycles. The second-order valence-corrected chi connectivity index (χ2v) is 3.88. The minimum atomic E-state index is -0.00176. The van der Waals surface area contributed by atoms with Crippen molar-refractivity contribution >= 4 is 17.1 Å². The molecule has 2 heterocycles. The smallest absolute Gasteiger partial charge is 0.208 e. The number of hydrogen-bond acceptors (Lipinski definition) is 4. The Balaban J connectivity index is 2.41. The van der Waals surface area contributed by atoms with Gasteiger partial charge < -0.3 is 0 Å². The van der Waals surface area contributed by atoms with E-state index in [0.717, 1.165) is 5.69 Å². The normalized spacial score (nSPS) is 10.4. The number of thiazole rings is 1. The van der Waals surface area contributed by atoms with Crippen molar-refractivity contribution in [3.8, 4) is 0 Å². The van der Waals surface area contributed by atoms with Crippen LogP contribution in [-0.4, -0.2) is 20.5 Å². The van der Waals surface area contributed by atoms with Crippen LogP contribution in [0, 0.1) is 6.92 Å². The van der Waals surface area contributed by atoms with Crippen molar-refractivity contribution in [2.75, 3.05) is 0 Å². The van der Waals surface area contributed by atoms with Crippen LogP contribution in [-0.2, 0) is 7.05 Å². The Morgan fingerprint density at radius 1 is 1.57 bits per heavy atom. The van der Waals surface area contributed by atoms with Crippen LogP contribution in [0.4, 0.5) is 0 Å². The molecular weight excluding hydrogens is 198 g/mol. The first-order valence-corrected chi connectivity index (χ1v) is 5.00. The van der Waals surface area contributed by atoms with Crippen molar-refractivity contribution < 1.29 is 4.79 Å². The highest BCUT2D eigenvalue weighted by atomic mass is 32.1. The van der Waals surface area contributed by atoms with E-state index >= 15 is 0 Å². The summed E-state index contributed by atoms with van der Waals surface area (Å²) in [7, 11) is 1.80. The quantitative estimate of drug-likeness (QED) is 0.700. The predicted molar refractivity (Wildman–Crippen MR) is 53.5 cm³/mol. The molecule has 0 aliphatic heterocycles. The van der Waals surface area contributed by atoms with Gasteiger partial charge in [-0.05, 0) is 6.92 Å². The molecule has 0 fully saturated rings.